The van der Waals surface area contributed by atoms with E-state index in [9.17, 15) is 13.2 Å². The number of benzene rings is 3. The lowest BCUT2D eigenvalue weighted by Crippen LogP contribution is -2.34. The number of hydrogen-bond acceptors (Lipinski definition) is 5. The zero-order valence-corrected chi connectivity index (χ0v) is 18.2. The number of amides is 1. The van der Waals surface area contributed by atoms with Crippen molar-refractivity contribution in [2.75, 3.05) is 24.6 Å². The van der Waals surface area contributed by atoms with Crippen LogP contribution in [0.1, 0.15) is 22.3 Å². The molecule has 1 aliphatic rings. The molecule has 1 heterocycles. The molecule has 7 nitrogen and oxygen atoms in total. The van der Waals surface area contributed by atoms with Crippen molar-refractivity contribution in [2.45, 2.75) is 11.3 Å². The third kappa shape index (κ3) is 4.10. The molecule has 164 valence electrons. The van der Waals surface area contributed by atoms with E-state index in [1.807, 2.05) is 42.5 Å². The second-order valence-electron chi connectivity index (χ2n) is 7.63. The van der Waals surface area contributed by atoms with Gasteiger partial charge in [-0.15, -0.1) is 0 Å². The van der Waals surface area contributed by atoms with E-state index >= 15 is 0 Å². The maximum Gasteiger partial charge on any atom is 0.250 e. The summed E-state index contributed by atoms with van der Waals surface area (Å²) in [6, 6.07) is 19.4. The van der Waals surface area contributed by atoms with Crippen molar-refractivity contribution in [3.8, 4) is 11.1 Å². The Morgan fingerprint density at radius 2 is 1.59 bits per heavy atom. The third-order valence-corrected chi connectivity index (χ3v) is 7.47. The summed E-state index contributed by atoms with van der Waals surface area (Å²) >= 11 is 0. The van der Waals surface area contributed by atoms with Gasteiger partial charge in [-0.1, -0.05) is 36.4 Å². The number of carbonyl (C=O) groups is 1. The van der Waals surface area contributed by atoms with E-state index in [1.54, 1.807) is 18.2 Å². The summed E-state index contributed by atoms with van der Waals surface area (Å²) in [5, 5.41) is 0. The average Bonchev–Trinajstić information content (AvgIpc) is 2.80. The van der Waals surface area contributed by atoms with Crippen molar-refractivity contribution in [1.29, 1.82) is 0 Å². The molecule has 0 saturated carbocycles. The summed E-state index contributed by atoms with van der Waals surface area (Å²) < 4.78 is 27.3. The van der Waals surface area contributed by atoms with E-state index in [1.165, 1.54) is 16.4 Å². The van der Waals surface area contributed by atoms with Crippen LogP contribution in [-0.4, -0.2) is 31.7 Å². The summed E-state index contributed by atoms with van der Waals surface area (Å²) in [4.78, 5) is 12.2. The SMILES string of the molecule is NC(=O)c1cc(-c2ccccc2)cc(C2=CCN(S(=O)(=O)c3ccc(N)cc3)CC2)c1N. The quantitative estimate of drug-likeness (QED) is 0.516. The highest BCUT2D eigenvalue weighted by molar-refractivity contribution is 7.89. The van der Waals surface area contributed by atoms with Crippen molar-refractivity contribution in [1.82, 2.24) is 4.31 Å². The standard InChI is InChI=1S/C24H24N4O3S/c25-19-6-8-20(9-7-19)32(30,31)28-12-10-17(11-13-28)21-14-18(16-4-2-1-3-5-16)15-22(23(21)26)24(27)29/h1-10,14-15H,11-13,25-26H2,(H2,27,29). The second-order valence-corrected chi connectivity index (χ2v) is 9.56. The summed E-state index contributed by atoms with van der Waals surface area (Å²) in [5.74, 6) is -0.606. The van der Waals surface area contributed by atoms with Crippen molar-refractivity contribution in [3.63, 3.8) is 0 Å². The molecule has 0 atom stereocenters. The molecule has 3 aromatic carbocycles. The summed E-state index contributed by atoms with van der Waals surface area (Å²) in [7, 11) is -3.64. The van der Waals surface area contributed by atoms with Gasteiger partial charge in [0.25, 0.3) is 5.91 Å². The molecular formula is C24H24N4O3S. The number of anilines is 2. The van der Waals surface area contributed by atoms with Gasteiger partial charge in [0.2, 0.25) is 10.0 Å². The molecule has 0 spiro atoms. The summed E-state index contributed by atoms with van der Waals surface area (Å²) in [6.45, 7) is 0.488. The first-order valence-corrected chi connectivity index (χ1v) is 11.5. The Hall–Kier alpha value is -3.62. The highest BCUT2D eigenvalue weighted by Crippen LogP contribution is 2.35. The average molecular weight is 449 g/mol. The number of hydrogen-bond donors (Lipinski definition) is 3. The van der Waals surface area contributed by atoms with E-state index in [0.29, 0.717) is 29.9 Å². The minimum Gasteiger partial charge on any atom is -0.399 e. The van der Waals surface area contributed by atoms with Crippen LogP contribution < -0.4 is 17.2 Å². The first-order chi connectivity index (χ1) is 15.3. The topological polar surface area (TPSA) is 133 Å². The van der Waals surface area contributed by atoms with E-state index < -0.39 is 15.9 Å². The van der Waals surface area contributed by atoms with E-state index in [2.05, 4.69) is 0 Å². The Kier molecular flexibility index (Phi) is 5.73. The molecule has 1 amide bonds. The van der Waals surface area contributed by atoms with E-state index in [4.69, 9.17) is 17.2 Å². The maximum absolute atomic E-state index is 13.0. The molecule has 0 fully saturated rings. The van der Waals surface area contributed by atoms with Crippen molar-refractivity contribution in [3.05, 3.63) is 83.9 Å². The minimum absolute atomic E-state index is 0.197. The number of sulfonamides is 1. The molecule has 1 aliphatic heterocycles. The highest BCUT2D eigenvalue weighted by Gasteiger charge is 2.27. The molecule has 0 aromatic heterocycles. The van der Waals surface area contributed by atoms with Gasteiger partial charge in [0.1, 0.15) is 0 Å². The van der Waals surface area contributed by atoms with Crippen LogP contribution in [0.2, 0.25) is 0 Å². The fourth-order valence-corrected chi connectivity index (χ4v) is 5.20. The Morgan fingerprint density at radius 3 is 2.19 bits per heavy atom. The van der Waals surface area contributed by atoms with E-state index in [-0.39, 0.29) is 17.0 Å². The molecule has 0 saturated heterocycles. The highest BCUT2D eigenvalue weighted by atomic mass is 32.2. The van der Waals surface area contributed by atoms with Gasteiger partial charge in [-0.3, -0.25) is 4.79 Å². The molecular weight excluding hydrogens is 424 g/mol. The van der Waals surface area contributed by atoms with Crippen LogP contribution in [0.5, 0.6) is 0 Å². The monoisotopic (exact) mass is 448 g/mol. The van der Waals surface area contributed by atoms with Crippen molar-refractivity contribution < 1.29 is 13.2 Å². The molecule has 0 bridgehead atoms. The van der Waals surface area contributed by atoms with Crippen LogP contribution >= 0.6 is 0 Å². The first kappa shape index (κ1) is 21.6. The van der Waals surface area contributed by atoms with Crippen molar-refractivity contribution in [2.24, 2.45) is 5.73 Å². The smallest absolute Gasteiger partial charge is 0.250 e. The van der Waals surface area contributed by atoms with E-state index in [0.717, 1.165) is 16.7 Å². The molecule has 0 radical (unpaired) electrons. The maximum atomic E-state index is 13.0. The number of nitrogens with two attached hydrogens (primary N) is 3. The summed E-state index contributed by atoms with van der Waals surface area (Å²) in [6.07, 6.45) is 2.29. The van der Waals surface area contributed by atoms with Crippen LogP contribution in [0.3, 0.4) is 0 Å². The van der Waals surface area contributed by atoms with Gasteiger partial charge in [0, 0.05) is 24.3 Å². The molecule has 0 aliphatic carbocycles. The van der Waals surface area contributed by atoms with Crippen molar-refractivity contribution >= 4 is 32.9 Å². The Labute approximate surface area is 187 Å². The predicted octanol–water partition coefficient (Wildman–Crippen LogP) is 3.09. The second kappa shape index (κ2) is 8.49. The van der Waals surface area contributed by atoms with Crippen LogP contribution in [0, 0.1) is 0 Å². The molecule has 3 aromatic rings. The Bertz CT molecular complexity index is 1300. The lowest BCUT2D eigenvalue weighted by Gasteiger charge is -2.27. The van der Waals surface area contributed by atoms with Gasteiger partial charge >= 0.3 is 0 Å². The Morgan fingerprint density at radius 1 is 0.906 bits per heavy atom. The summed E-state index contributed by atoms with van der Waals surface area (Å²) in [5.41, 5.74) is 21.9. The molecule has 4 rings (SSSR count). The molecule has 6 N–H and O–H groups in total. The fraction of sp³-hybridized carbons (Fsp3) is 0.125. The fourth-order valence-electron chi connectivity index (χ4n) is 3.82. The predicted molar refractivity (Wildman–Crippen MR) is 127 cm³/mol. The number of nitrogen functional groups attached to an aromatic ring is 2. The van der Waals surface area contributed by atoms with Crippen LogP contribution in [0.25, 0.3) is 16.7 Å². The third-order valence-electron chi connectivity index (χ3n) is 5.59. The van der Waals surface area contributed by atoms with Crippen LogP contribution in [0.15, 0.2) is 77.7 Å². The van der Waals surface area contributed by atoms with Crippen LogP contribution in [-0.2, 0) is 10.0 Å². The Balaban J connectivity index is 1.69. The normalized spacial score (nSPS) is 14.7. The molecule has 8 heteroatoms. The van der Waals surface area contributed by atoms with Gasteiger partial charge < -0.3 is 17.2 Å². The largest absolute Gasteiger partial charge is 0.399 e. The van der Waals surface area contributed by atoms with Gasteiger partial charge in [-0.25, -0.2) is 8.42 Å². The minimum atomic E-state index is -3.64. The van der Waals surface area contributed by atoms with Gasteiger partial charge in [0.05, 0.1) is 16.1 Å². The lowest BCUT2D eigenvalue weighted by molar-refractivity contribution is 0.100. The molecule has 32 heavy (non-hydrogen) atoms. The number of rotatable bonds is 5. The van der Waals surface area contributed by atoms with Gasteiger partial charge in [-0.2, -0.15) is 4.31 Å². The number of nitrogens with zero attached hydrogens (tertiary/aromatic N) is 1. The van der Waals surface area contributed by atoms with Gasteiger partial charge in [0.15, 0.2) is 0 Å². The first-order valence-electron chi connectivity index (χ1n) is 10.1. The zero-order valence-electron chi connectivity index (χ0n) is 17.4. The lowest BCUT2D eigenvalue weighted by atomic mass is 9.91. The van der Waals surface area contributed by atoms with Gasteiger partial charge in [-0.05, 0) is 59.5 Å². The molecule has 0 unspecified atom stereocenters. The zero-order chi connectivity index (χ0) is 22.9. The van der Waals surface area contributed by atoms with Crippen LogP contribution in [0.4, 0.5) is 11.4 Å². The number of primary amides is 1. The number of carbonyl (C=O) groups excluding carboxylic acids is 1.